The highest BCUT2D eigenvalue weighted by molar-refractivity contribution is 6.34. The normalized spacial score (nSPS) is 11.8. The molecule has 1 amide bonds. The largest absolute Gasteiger partial charge is 0.375 e. The first-order chi connectivity index (χ1) is 11.4. The second kappa shape index (κ2) is 7.90. The van der Waals surface area contributed by atoms with E-state index in [1.165, 1.54) is 12.1 Å². The van der Waals surface area contributed by atoms with Crippen LogP contribution in [0.15, 0.2) is 42.5 Å². The van der Waals surface area contributed by atoms with Crippen LogP contribution in [0.2, 0.25) is 5.02 Å². The van der Waals surface area contributed by atoms with Gasteiger partial charge in [-0.15, -0.1) is 0 Å². The Kier molecular flexibility index (Phi) is 5.89. The molecule has 126 valence electrons. The van der Waals surface area contributed by atoms with Crippen molar-refractivity contribution in [2.45, 2.75) is 13.0 Å². The molecule has 24 heavy (non-hydrogen) atoms. The maximum atomic E-state index is 12.3. The maximum Gasteiger partial charge on any atom is 0.270 e. The number of carbonyl (C=O) groups excluding carboxylic acids is 1. The summed E-state index contributed by atoms with van der Waals surface area (Å²) in [6, 6.07) is 11.5. The van der Waals surface area contributed by atoms with Crippen LogP contribution in [0.3, 0.4) is 0 Å². The van der Waals surface area contributed by atoms with Gasteiger partial charge in [-0.05, 0) is 24.1 Å². The second-order valence-corrected chi connectivity index (χ2v) is 5.62. The number of halogens is 1. The van der Waals surface area contributed by atoms with Gasteiger partial charge in [0, 0.05) is 25.8 Å². The smallest absolute Gasteiger partial charge is 0.270 e. The van der Waals surface area contributed by atoms with E-state index in [1.54, 1.807) is 7.11 Å². The van der Waals surface area contributed by atoms with Crippen molar-refractivity contribution in [3.05, 3.63) is 74.3 Å². The SMILES string of the molecule is COC(CNC(=O)c1ccc([N+](=O)[O-])cc1Cl)c1ccccc1C. The molecule has 1 atom stereocenters. The molecule has 0 spiro atoms. The maximum absolute atomic E-state index is 12.3. The number of ether oxygens (including phenoxy) is 1. The van der Waals surface area contributed by atoms with Gasteiger partial charge in [0.25, 0.3) is 11.6 Å². The number of nitro groups is 1. The predicted octanol–water partition coefficient (Wildman–Crippen LogP) is 3.67. The quantitative estimate of drug-likeness (QED) is 0.637. The van der Waals surface area contributed by atoms with Crippen LogP contribution in [0.1, 0.15) is 27.6 Å². The number of aryl methyl sites for hydroxylation is 1. The van der Waals surface area contributed by atoms with Gasteiger partial charge in [0.15, 0.2) is 0 Å². The molecule has 0 bridgehead atoms. The summed E-state index contributed by atoms with van der Waals surface area (Å²) in [5.74, 6) is -0.412. The van der Waals surface area contributed by atoms with Gasteiger partial charge in [-0.3, -0.25) is 14.9 Å². The van der Waals surface area contributed by atoms with Gasteiger partial charge in [0.2, 0.25) is 0 Å². The number of non-ortho nitro benzene ring substituents is 1. The van der Waals surface area contributed by atoms with Crippen molar-refractivity contribution in [3.63, 3.8) is 0 Å². The lowest BCUT2D eigenvalue weighted by atomic mass is 10.0. The molecule has 0 heterocycles. The van der Waals surface area contributed by atoms with E-state index < -0.39 is 10.8 Å². The number of benzene rings is 2. The summed E-state index contributed by atoms with van der Waals surface area (Å²) in [6.45, 7) is 2.23. The van der Waals surface area contributed by atoms with E-state index in [0.29, 0.717) is 0 Å². The number of methoxy groups -OCH3 is 1. The summed E-state index contributed by atoms with van der Waals surface area (Å²) in [6.07, 6.45) is -0.299. The van der Waals surface area contributed by atoms with Gasteiger partial charge < -0.3 is 10.1 Å². The van der Waals surface area contributed by atoms with Crippen LogP contribution in [0.5, 0.6) is 0 Å². The molecule has 0 saturated heterocycles. The number of hydrogen-bond acceptors (Lipinski definition) is 4. The highest BCUT2D eigenvalue weighted by Crippen LogP contribution is 2.23. The minimum Gasteiger partial charge on any atom is -0.375 e. The fraction of sp³-hybridized carbons (Fsp3) is 0.235. The molecule has 1 N–H and O–H groups in total. The molecule has 0 radical (unpaired) electrons. The van der Waals surface area contributed by atoms with Crippen molar-refractivity contribution < 1.29 is 14.5 Å². The fourth-order valence-electron chi connectivity index (χ4n) is 2.35. The summed E-state index contributed by atoms with van der Waals surface area (Å²) >= 11 is 5.96. The van der Waals surface area contributed by atoms with Crippen molar-refractivity contribution in [3.8, 4) is 0 Å². The molecule has 2 rings (SSSR count). The van der Waals surface area contributed by atoms with Gasteiger partial charge in [0.05, 0.1) is 21.6 Å². The van der Waals surface area contributed by atoms with Crippen LogP contribution >= 0.6 is 11.6 Å². The van der Waals surface area contributed by atoms with Crippen LogP contribution in [0, 0.1) is 17.0 Å². The molecule has 7 heteroatoms. The van der Waals surface area contributed by atoms with Crippen molar-refractivity contribution in [2.24, 2.45) is 0 Å². The van der Waals surface area contributed by atoms with Crippen molar-refractivity contribution in [2.75, 3.05) is 13.7 Å². The molecule has 0 aromatic heterocycles. The monoisotopic (exact) mass is 348 g/mol. The Balaban J connectivity index is 2.09. The minimum absolute atomic E-state index is 0.0339. The third-order valence-electron chi connectivity index (χ3n) is 3.68. The lowest BCUT2D eigenvalue weighted by Gasteiger charge is -2.18. The Hall–Kier alpha value is -2.44. The minimum atomic E-state index is -0.563. The average Bonchev–Trinajstić information content (AvgIpc) is 2.56. The summed E-state index contributed by atoms with van der Waals surface area (Å²) in [5.41, 5.74) is 2.06. The molecule has 2 aromatic carbocycles. The molecular formula is C17H17ClN2O4. The number of nitro benzene ring substituents is 1. The van der Waals surface area contributed by atoms with Crippen LogP contribution in [0.25, 0.3) is 0 Å². The first kappa shape index (κ1) is 17.9. The molecule has 6 nitrogen and oxygen atoms in total. The molecule has 2 aromatic rings. The van der Waals surface area contributed by atoms with E-state index in [1.807, 2.05) is 31.2 Å². The number of nitrogens with zero attached hydrogens (tertiary/aromatic N) is 1. The topological polar surface area (TPSA) is 81.5 Å². The zero-order valence-electron chi connectivity index (χ0n) is 13.3. The molecular weight excluding hydrogens is 332 g/mol. The Morgan fingerprint density at radius 2 is 2.04 bits per heavy atom. The Bertz CT molecular complexity index is 764. The lowest BCUT2D eigenvalue weighted by Crippen LogP contribution is -2.29. The van der Waals surface area contributed by atoms with Crippen LogP contribution in [0.4, 0.5) is 5.69 Å². The van der Waals surface area contributed by atoms with Gasteiger partial charge in [-0.25, -0.2) is 0 Å². The Labute approximate surface area is 144 Å². The van der Waals surface area contributed by atoms with Crippen molar-refractivity contribution in [1.82, 2.24) is 5.32 Å². The van der Waals surface area contributed by atoms with Gasteiger partial charge >= 0.3 is 0 Å². The van der Waals surface area contributed by atoms with E-state index >= 15 is 0 Å². The number of rotatable bonds is 6. The van der Waals surface area contributed by atoms with Crippen molar-refractivity contribution in [1.29, 1.82) is 0 Å². The zero-order chi connectivity index (χ0) is 17.7. The Morgan fingerprint density at radius 3 is 2.62 bits per heavy atom. The molecule has 0 aliphatic carbocycles. The second-order valence-electron chi connectivity index (χ2n) is 5.21. The predicted molar refractivity (Wildman–Crippen MR) is 91.4 cm³/mol. The third-order valence-corrected chi connectivity index (χ3v) is 3.99. The lowest BCUT2D eigenvalue weighted by molar-refractivity contribution is -0.384. The number of hydrogen-bond donors (Lipinski definition) is 1. The molecule has 0 fully saturated rings. The van der Waals surface area contributed by atoms with E-state index in [4.69, 9.17) is 16.3 Å². The van der Waals surface area contributed by atoms with Gasteiger partial charge in [0.1, 0.15) is 0 Å². The third kappa shape index (κ3) is 4.10. The standard InChI is InChI=1S/C17H17ClN2O4/c1-11-5-3-4-6-13(11)16(24-2)10-19-17(21)14-8-7-12(20(22)23)9-15(14)18/h3-9,16H,10H2,1-2H3,(H,19,21). The van der Waals surface area contributed by atoms with E-state index in [9.17, 15) is 14.9 Å². The fourth-order valence-corrected chi connectivity index (χ4v) is 2.61. The zero-order valence-corrected chi connectivity index (χ0v) is 14.0. The van der Waals surface area contributed by atoms with Crippen LogP contribution in [-0.2, 0) is 4.74 Å². The van der Waals surface area contributed by atoms with Gasteiger partial charge in [-0.1, -0.05) is 35.9 Å². The number of amides is 1. The highest BCUT2D eigenvalue weighted by Gasteiger charge is 2.18. The van der Waals surface area contributed by atoms with Crippen LogP contribution < -0.4 is 5.32 Å². The van der Waals surface area contributed by atoms with E-state index in [-0.39, 0.29) is 28.9 Å². The van der Waals surface area contributed by atoms with E-state index in [0.717, 1.165) is 17.2 Å². The molecule has 0 aliphatic heterocycles. The summed E-state index contributed by atoms with van der Waals surface area (Å²) < 4.78 is 5.45. The summed E-state index contributed by atoms with van der Waals surface area (Å²) in [5, 5.41) is 13.5. The summed E-state index contributed by atoms with van der Waals surface area (Å²) in [4.78, 5) is 22.4. The average molecular weight is 349 g/mol. The number of carbonyl (C=O) groups is 1. The molecule has 0 aliphatic rings. The van der Waals surface area contributed by atoms with E-state index in [2.05, 4.69) is 5.32 Å². The highest BCUT2D eigenvalue weighted by atomic mass is 35.5. The molecule has 0 saturated carbocycles. The number of nitrogens with one attached hydrogen (secondary N) is 1. The van der Waals surface area contributed by atoms with Gasteiger partial charge in [-0.2, -0.15) is 0 Å². The Morgan fingerprint density at radius 1 is 1.33 bits per heavy atom. The summed E-state index contributed by atoms with van der Waals surface area (Å²) in [7, 11) is 1.57. The van der Waals surface area contributed by atoms with Crippen LogP contribution in [-0.4, -0.2) is 24.5 Å². The first-order valence-electron chi connectivity index (χ1n) is 7.24. The first-order valence-corrected chi connectivity index (χ1v) is 7.62. The molecule has 1 unspecified atom stereocenters. The van der Waals surface area contributed by atoms with Crippen molar-refractivity contribution >= 4 is 23.2 Å².